The largest absolute Gasteiger partial charge is 0.497 e. The molecular weight excluding hydrogens is 300 g/mol. The van der Waals surface area contributed by atoms with E-state index in [0.29, 0.717) is 0 Å². The Morgan fingerprint density at radius 3 is 2.54 bits per heavy atom. The lowest BCUT2D eigenvalue weighted by Gasteiger charge is -2.23. The Balaban J connectivity index is 1.93. The number of nitrogens with zero attached hydrogens (tertiary/aromatic N) is 3. The molecular formula is C19H20N4O. The molecule has 0 bridgehead atoms. The molecule has 0 radical (unpaired) electrons. The first-order valence-corrected chi connectivity index (χ1v) is 8.17. The van der Waals surface area contributed by atoms with Crippen LogP contribution >= 0.6 is 0 Å². The standard InChI is InChI=1S/C19H20N4O/c1-13-19-17(14-7-9-20-10-8-14)18(22-23(19)12-11-21-13)15-3-5-16(24-2)6-4-15/h3-10,13,21H,11-12H2,1-2H3. The minimum atomic E-state index is 0.265. The first-order chi connectivity index (χ1) is 11.8. The van der Waals surface area contributed by atoms with E-state index in [4.69, 9.17) is 9.84 Å². The van der Waals surface area contributed by atoms with Gasteiger partial charge in [-0.25, -0.2) is 0 Å². The van der Waals surface area contributed by atoms with Gasteiger partial charge in [0.15, 0.2) is 0 Å². The summed E-state index contributed by atoms with van der Waals surface area (Å²) in [6.45, 7) is 4.01. The van der Waals surface area contributed by atoms with Gasteiger partial charge >= 0.3 is 0 Å². The van der Waals surface area contributed by atoms with Gasteiger partial charge in [0.25, 0.3) is 0 Å². The molecule has 1 N–H and O–H groups in total. The highest BCUT2D eigenvalue weighted by Crippen LogP contribution is 2.38. The zero-order valence-electron chi connectivity index (χ0n) is 13.9. The third-order valence-corrected chi connectivity index (χ3v) is 4.51. The quantitative estimate of drug-likeness (QED) is 0.804. The predicted molar refractivity (Wildman–Crippen MR) is 93.9 cm³/mol. The fraction of sp³-hybridized carbons (Fsp3) is 0.263. The molecule has 1 atom stereocenters. The van der Waals surface area contributed by atoms with E-state index in [0.717, 1.165) is 35.7 Å². The van der Waals surface area contributed by atoms with Crippen molar-refractivity contribution in [2.75, 3.05) is 13.7 Å². The Labute approximate surface area is 141 Å². The molecule has 0 fully saturated rings. The average Bonchev–Trinajstić information content (AvgIpc) is 3.03. The van der Waals surface area contributed by atoms with E-state index in [9.17, 15) is 0 Å². The molecule has 0 aliphatic carbocycles. The molecule has 4 rings (SSSR count). The highest BCUT2D eigenvalue weighted by Gasteiger charge is 2.26. The molecule has 3 aromatic rings. The van der Waals surface area contributed by atoms with Gasteiger partial charge in [-0.2, -0.15) is 5.10 Å². The van der Waals surface area contributed by atoms with Gasteiger partial charge in [-0.15, -0.1) is 0 Å². The molecule has 1 aliphatic rings. The van der Waals surface area contributed by atoms with Crippen LogP contribution in [0.1, 0.15) is 18.7 Å². The zero-order valence-corrected chi connectivity index (χ0v) is 13.9. The van der Waals surface area contributed by atoms with Crippen LogP contribution in [0.4, 0.5) is 0 Å². The second-order valence-electron chi connectivity index (χ2n) is 5.97. The van der Waals surface area contributed by atoms with Crippen molar-refractivity contribution in [3.63, 3.8) is 0 Å². The Kier molecular flexibility index (Phi) is 3.78. The van der Waals surface area contributed by atoms with Crippen molar-refractivity contribution in [1.82, 2.24) is 20.1 Å². The van der Waals surface area contributed by atoms with Gasteiger partial charge in [0.05, 0.1) is 19.3 Å². The number of rotatable bonds is 3. The Hall–Kier alpha value is -2.66. The first kappa shape index (κ1) is 14.9. The molecule has 5 heteroatoms. The number of ether oxygens (including phenoxy) is 1. The van der Waals surface area contributed by atoms with Gasteiger partial charge in [0, 0.05) is 36.1 Å². The van der Waals surface area contributed by atoms with Crippen LogP contribution in [0, 0.1) is 0 Å². The lowest BCUT2D eigenvalue weighted by molar-refractivity contribution is 0.415. The summed E-state index contributed by atoms with van der Waals surface area (Å²) in [7, 11) is 1.68. The summed E-state index contributed by atoms with van der Waals surface area (Å²) >= 11 is 0. The SMILES string of the molecule is COc1ccc(-c2nn3c(c2-c2ccncc2)C(C)NCC3)cc1. The van der Waals surface area contributed by atoms with Crippen LogP contribution in [0.25, 0.3) is 22.4 Å². The van der Waals surface area contributed by atoms with Crippen molar-refractivity contribution >= 4 is 0 Å². The number of hydrogen-bond donors (Lipinski definition) is 1. The van der Waals surface area contributed by atoms with E-state index in [1.54, 1.807) is 7.11 Å². The maximum Gasteiger partial charge on any atom is 0.118 e. The summed E-state index contributed by atoms with van der Waals surface area (Å²) < 4.78 is 7.41. The lowest BCUT2D eigenvalue weighted by Crippen LogP contribution is -2.32. The molecule has 122 valence electrons. The zero-order chi connectivity index (χ0) is 16.5. The van der Waals surface area contributed by atoms with Gasteiger partial charge in [-0.3, -0.25) is 9.67 Å². The fourth-order valence-electron chi connectivity index (χ4n) is 3.32. The van der Waals surface area contributed by atoms with Crippen molar-refractivity contribution < 1.29 is 4.74 Å². The van der Waals surface area contributed by atoms with Crippen molar-refractivity contribution in [2.24, 2.45) is 0 Å². The average molecular weight is 320 g/mol. The molecule has 2 aromatic heterocycles. The minimum Gasteiger partial charge on any atom is -0.497 e. The van der Waals surface area contributed by atoms with Crippen LogP contribution in [0.3, 0.4) is 0 Å². The number of pyridine rings is 1. The summed E-state index contributed by atoms with van der Waals surface area (Å²) in [6.07, 6.45) is 3.66. The monoisotopic (exact) mass is 320 g/mol. The van der Waals surface area contributed by atoms with Gasteiger partial charge in [-0.1, -0.05) is 0 Å². The number of fused-ring (bicyclic) bond motifs is 1. The maximum atomic E-state index is 5.27. The topological polar surface area (TPSA) is 52.0 Å². The van der Waals surface area contributed by atoms with Crippen LogP contribution in [0.15, 0.2) is 48.8 Å². The summed E-state index contributed by atoms with van der Waals surface area (Å²) in [5, 5.41) is 8.45. The number of hydrogen-bond acceptors (Lipinski definition) is 4. The van der Waals surface area contributed by atoms with Gasteiger partial charge in [0.2, 0.25) is 0 Å². The molecule has 24 heavy (non-hydrogen) atoms. The molecule has 1 aromatic carbocycles. The second kappa shape index (κ2) is 6.09. The molecule has 0 amide bonds. The van der Waals surface area contributed by atoms with E-state index in [-0.39, 0.29) is 6.04 Å². The first-order valence-electron chi connectivity index (χ1n) is 8.17. The van der Waals surface area contributed by atoms with E-state index in [1.807, 2.05) is 36.7 Å². The molecule has 0 saturated heterocycles. The molecule has 5 nitrogen and oxygen atoms in total. The summed E-state index contributed by atoms with van der Waals surface area (Å²) in [5.41, 5.74) is 5.67. The third kappa shape index (κ3) is 2.47. The highest BCUT2D eigenvalue weighted by molar-refractivity contribution is 5.83. The van der Waals surface area contributed by atoms with Crippen molar-refractivity contribution in [3.8, 4) is 28.1 Å². The molecule has 0 saturated carbocycles. The number of aromatic nitrogens is 3. The summed E-state index contributed by atoms with van der Waals surface area (Å²) in [5.74, 6) is 0.850. The van der Waals surface area contributed by atoms with E-state index in [2.05, 4.69) is 34.0 Å². The van der Waals surface area contributed by atoms with E-state index in [1.165, 1.54) is 11.3 Å². The van der Waals surface area contributed by atoms with Crippen molar-refractivity contribution in [2.45, 2.75) is 19.5 Å². The van der Waals surface area contributed by atoms with Gasteiger partial charge < -0.3 is 10.1 Å². The molecule has 1 unspecified atom stereocenters. The predicted octanol–water partition coefficient (Wildman–Crippen LogP) is 3.28. The van der Waals surface area contributed by atoms with Crippen LogP contribution in [0.5, 0.6) is 5.75 Å². The number of benzene rings is 1. The molecule has 0 spiro atoms. The van der Waals surface area contributed by atoms with Crippen LogP contribution in [-0.2, 0) is 6.54 Å². The van der Waals surface area contributed by atoms with Crippen molar-refractivity contribution in [3.05, 3.63) is 54.5 Å². The van der Waals surface area contributed by atoms with Gasteiger partial charge in [-0.05, 0) is 48.9 Å². The highest BCUT2D eigenvalue weighted by atomic mass is 16.5. The van der Waals surface area contributed by atoms with Crippen LogP contribution in [-0.4, -0.2) is 28.4 Å². The Bertz CT molecular complexity index is 840. The van der Waals surface area contributed by atoms with E-state index < -0.39 is 0 Å². The maximum absolute atomic E-state index is 5.27. The second-order valence-corrected chi connectivity index (χ2v) is 5.97. The smallest absolute Gasteiger partial charge is 0.118 e. The summed E-state index contributed by atoms with van der Waals surface area (Å²) in [6, 6.07) is 12.4. The van der Waals surface area contributed by atoms with Gasteiger partial charge in [0.1, 0.15) is 11.4 Å². The minimum absolute atomic E-state index is 0.265. The van der Waals surface area contributed by atoms with E-state index >= 15 is 0 Å². The Morgan fingerprint density at radius 2 is 1.83 bits per heavy atom. The van der Waals surface area contributed by atoms with Crippen LogP contribution < -0.4 is 10.1 Å². The fourth-order valence-corrected chi connectivity index (χ4v) is 3.32. The molecule has 3 heterocycles. The molecule has 1 aliphatic heterocycles. The normalized spacial score (nSPS) is 16.7. The summed E-state index contributed by atoms with van der Waals surface area (Å²) in [4.78, 5) is 4.15. The number of nitrogens with one attached hydrogen (secondary N) is 1. The Morgan fingerprint density at radius 1 is 1.08 bits per heavy atom. The van der Waals surface area contributed by atoms with Crippen molar-refractivity contribution in [1.29, 1.82) is 0 Å². The lowest BCUT2D eigenvalue weighted by atomic mass is 9.96. The third-order valence-electron chi connectivity index (χ3n) is 4.51. The van der Waals surface area contributed by atoms with Crippen LogP contribution in [0.2, 0.25) is 0 Å². The number of methoxy groups -OCH3 is 1.